The van der Waals surface area contributed by atoms with Gasteiger partial charge in [0.1, 0.15) is 0 Å². The Labute approximate surface area is 84.5 Å². The Morgan fingerprint density at radius 1 is 1.77 bits per heavy atom. The van der Waals surface area contributed by atoms with Crippen LogP contribution in [0.3, 0.4) is 0 Å². The van der Waals surface area contributed by atoms with Gasteiger partial charge in [0.2, 0.25) is 0 Å². The van der Waals surface area contributed by atoms with E-state index in [0.717, 1.165) is 4.48 Å². The highest BCUT2D eigenvalue weighted by atomic mass is 79.9. The standard InChI is InChI=1S/C8H10BrN3O/c1-5(9)3-7-6(8(10)13)4-11-12(7)2/h3-4H,1-2H3,(H2,10,13)/b5-3+. The molecular weight excluding hydrogens is 234 g/mol. The maximum Gasteiger partial charge on any atom is 0.252 e. The van der Waals surface area contributed by atoms with Gasteiger partial charge in [-0.05, 0) is 17.5 Å². The monoisotopic (exact) mass is 243 g/mol. The minimum Gasteiger partial charge on any atom is -0.365 e. The number of aryl methyl sites for hydroxylation is 1. The van der Waals surface area contributed by atoms with E-state index in [1.54, 1.807) is 17.8 Å². The van der Waals surface area contributed by atoms with Crippen molar-refractivity contribution in [1.29, 1.82) is 0 Å². The summed E-state index contributed by atoms with van der Waals surface area (Å²) in [6.45, 7) is 1.87. The van der Waals surface area contributed by atoms with Gasteiger partial charge in [-0.2, -0.15) is 5.10 Å². The number of aromatic nitrogens is 2. The summed E-state index contributed by atoms with van der Waals surface area (Å²) in [6.07, 6.45) is 3.26. The lowest BCUT2D eigenvalue weighted by Gasteiger charge is -1.97. The van der Waals surface area contributed by atoms with Gasteiger partial charge in [0.15, 0.2) is 0 Å². The van der Waals surface area contributed by atoms with Gasteiger partial charge in [-0.3, -0.25) is 9.48 Å². The molecule has 0 fully saturated rings. The van der Waals surface area contributed by atoms with Crippen molar-refractivity contribution in [3.63, 3.8) is 0 Å². The van der Waals surface area contributed by atoms with E-state index in [2.05, 4.69) is 21.0 Å². The lowest BCUT2D eigenvalue weighted by Crippen LogP contribution is -2.12. The molecule has 2 N–H and O–H groups in total. The van der Waals surface area contributed by atoms with Crippen molar-refractivity contribution in [2.45, 2.75) is 6.92 Å². The first-order valence-electron chi connectivity index (χ1n) is 3.68. The molecule has 0 radical (unpaired) electrons. The first-order chi connectivity index (χ1) is 6.02. The summed E-state index contributed by atoms with van der Waals surface area (Å²) >= 11 is 3.28. The highest BCUT2D eigenvalue weighted by Crippen LogP contribution is 2.14. The van der Waals surface area contributed by atoms with Crippen molar-refractivity contribution in [2.75, 3.05) is 0 Å². The van der Waals surface area contributed by atoms with E-state index in [1.165, 1.54) is 6.20 Å². The molecule has 5 heteroatoms. The topological polar surface area (TPSA) is 60.9 Å². The van der Waals surface area contributed by atoms with Crippen LogP contribution in [0.2, 0.25) is 0 Å². The number of hydrogen-bond acceptors (Lipinski definition) is 2. The van der Waals surface area contributed by atoms with Crippen LogP contribution in [0.1, 0.15) is 23.0 Å². The molecule has 1 aromatic rings. The largest absolute Gasteiger partial charge is 0.365 e. The fourth-order valence-corrected chi connectivity index (χ4v) is 1.21. The Balaban J connectivity index is 3.24. The molecule has 1 heterocycles. The van der Waals surface area contributed by atoms with E-state index in [4.69, 9.17) is 5.73 Å². The van der Waals surface area contributed by atoms with Crippen molar-refractivity contribution in [3.05, 3.63) is 21.9 Å². The smallest absolute Gasteiger partial charge is 0.252 e. The highest BCUT2D eigenvalue weighted by Gasteiger charge is 2.10. The summed E-state index contributed by atoms with van der Waals surface area (Å²) in [7, 11) is 1.76. The number of hydrogen-bond donors (Lipinski definition) is 1. The fourth-order valence-electron chi connectivity index (χ4n) is 0.996. The molecule has 0 aliphatic rings. The van der Waals surface area contributed by atoms with E-state index in [-0.39, 0.29) is 0 Å². The summed E-state index contributed by atoms with van der Waals surface area (Å²) in [6, 6.07) is 0. The molecule has 70 valence electrons. The third-order valence-electron chi connectivity index (χ3n) is 1.59. The molecule has 1 rings (SSSR count). The second-order valence-electron chi connectivity index (χ2n) is 2.66. The lowest BCUT2D eigenvalue weighted by molar-refractivity contribution is 0.1000. The third-order valence-corrected chi connectivity index (χ3v) is 1.81. The number of carbonyl (C=O) groups is 1. The maximum absolute atomic E-state index is 10.9. The molecule has 0 bridgehead atoms. The third kappa shape index (κ3) is 2.18. The van der Waals surface area contributed by atoms with Gasteiger partial charge in [0, 0.05) is 7.05 Å². The first kappa shape index (κ1) is 9.98. The molecular formula is C8H10BrN3O. The van der Waals surface area contributed by atoms with Crippen molar-refractivity contribution >= 4 is 27.9 Å². The summed E-state index contributed by atoms with van der Waals surface area (Å²) in [5, 5.41) is 3.94. The average molecular weight is 244 g/mol. The van der Waals surface area contributed by atoms with Crippen LogP contribution in [0.15, 0.2) is 10.7 Å². The van der Waals surface area contributed by atoms with Gasteiger partial charge < -0.3 is 5.73 Å². The molecule has 1 aromatic heterocycles. The molecule has 0 aromatic carbocycles. The minimum atomic E-state index is -0.465. The van der Waals surface area contributed by atoms with Crippen LogP contribution in [0.4, 0.5) is 0 Å². The molecule has 1 amide bonds. The van der Waals surface area contributed by atoms with Crippen LogP contribution in [-0.4, -0.2) is 15.7 Å². The average Bonchev–Trinajstić information content (AvgIpc) is 2.32. The van der Waals surface area contributed by atoms with Gasteiger partial charge in [-0.1, -0.05) is 15.9 Å². The Kier molecular flexibility index (Phi) is 2.87. The zero-order valence-corrected chi connectivity index (χ0v) is 9.00. The minimum absolute atomic E-state index is 0.432. The molecule has 4 nitrogen and oxygen atoms in total. The van der Waals surface area contributed by atoms with E-state index in [0.29, 0.717) is 11.3 Å². The van der Waals surface area contributed by atoms with E-state index < -0.39 is 5.91 Å². The molecule has 0 unspecified atom stereocenters. The van der Waals surface area contributed by atoms with Gasteiger partial charge >= 0.3 is 0 Å². The van der Waals surface area contributed by atoms with Crippen molar-refractivity contribution < 1.29 is 4.79 Å². The number of amides is 1. The molecule has 0 saturated carbocycles. The molecule has 0 aliphatic carbocycles. The van der Waals surface area contributed by atoms with Crippen LogP contribution in [0.25, 0.3) is 6.08 Å². The van der Waals surface area contributed by atoms with E-state index in [9.17, 15) is 4.79 Å². The zero-order chi connectivity index (χ0) is 10.0. The van der Waals surface area contributed by atoms with Gasteiger partial charge in [0.25, 0.3) is 5.91 Å². The predicted octanol–water partition coefficient (Wildman–Crippen LogP) is 1.27. The normalized spacial score (nSPS) is 11.8. The second-order valence-corrected chi connectivity index (χ2v) is 3.91. The first-order valence-corrected chi connectivity index (χ1v) is 4.47. The van der Waals surface area contributed by atoms with Crippen LogP contribution in [-0.2, 0) is 7.05 Å². The Morgan fingerprint density at radius 2 is 2.38 bits per heavy atom. The van der Waals surface area contributed by atoms with Crippen molar-refractivity contribution in [3.8, 4) is 0 Å². The Bertz CT molecular complexity index is 363. The lowest BCUT2D eigenvalue weighted by atomic mass is 10.2. The molecule has 0 atom stereocenters. The maximum atomic E-state index is 10.9. The van der Waals surface area contributed by atoms with Gasteiger partial charge in [-0.15, -0.1) is 0 Å². The Morgan fingerprint density at radius 3 is 2.85 bits per heavy atom. The summed E-state index contributed by atoms with van der Waals surface area (Å²) in [5.41, 5.74) is 6.31. The van der Waals surface area contributed by atoms with Crippen LogP contribution in [0.5, 0.6) is 0 Å². The summed E-state index contributed by atoms with van der Waals surface area (Å²) < 4.78 is 2.52. The van der Waals surface area contributed by atoms with Gasteiger partial charge in [0.05, 0.1) is 17.5 Å². The number of carbonyl (C=O) groups excluding carboxylic acids is 1. The Hall–Kier alpha value is -1.10. The van der Waals surface area contributed by atoms with Crippen LogP contribution in [0, 0.1) is 0 Å². The van der Waals surface area contributed by atoms with Crippen molar-refractivity contribution in [2.24, 2.45) is 12.8 Å². The number of nitrogens with zero attached hydrogens (tertiary/aromatic N) is 2. The fraction of sp³-hybridized carbons (Fsp3) is 0.250. The summed E-state index contributed by atoms with van der Waals surface area (Å²) in [5.74, 6) is -0.465. The number of allylic oxidation sites excluding steroid dienone is 1. The number of halogens is 1. The zero-order valence-electron chi connectivity index (χ0n) is 7.41. The molecule has 0 saturated heterocycles. The number of rotatable bonds is 2. The molecule has 13 heavy (non-hydrogen) atoms. The van der Waals surface area contributed by atoms with Crippen LogP contribution < -0.4 is 5.73 Å². The van der Waals surface area contributed by atoms with Crippen molar-refractivity contribution in [1.82, 2.24) is 9.78 Å². The SMILES string of the molecule is C/C(Br)=C\c1c(C(N)=O)cnn1C. The van der Waals surface area contributed by atoms with E-state index in [1.807, 2.05) is 6.92 Å². The number of nitrogens with two attached hydrogens (primary N) is 1. The van der Waals surface area contributed by atoms with Gasteiger partial charge in [-0.25, -0.2) is 0 Å². The molecule has 0 spiro atoms. The molecule has 0 aliphatic heterocycles. The number of primary amides is 1. The van der Waals surface area contributed by atoms with Crippen LogP contribution >= 0.6 is 15.9 Å². The predicted molar refractivity (Wildman–Crippen MR) is 54.3 cm³/mol. The quantitative estimate of drug-likeness (QED) is 0.851. The second kappa shape index (κ2) is 3.74. The highest BCUT2D eigenvalue weighted by molar-refractivity contribution is 9.11. The summed E-state index contributed by atoms with van der Waals surface area (Å²) in [4.78, 5) is 10.9. The van der Waals surface area contributed by atoms with E-state index >= 15 is 0 Å².